The molecule has 0 aliphatic heterocycles. The molecule has 0 radical (unpaired) electrons. The van der Waals surface area contributed by atoms with Crippen LogP contribution in [0.1, 0.15) is 0 Å². The van der Waals surface area contributed by atoms with Gasteiger partial charge in [-0.05, 0) is 0 Å². The average Bonchev–Trinajstić information content (AvgIpc) is 1.82. The summed E-state index contributed by atoms with van der Waals surface area (Å²) in [5.41, 5.74) is 4.87. The Balaban J connectivity index is 3.46. The Morgan fingerprint density at radius 3 is 2.90 bits per heavy atom. The molecule has 0 bridgehead atoms. The lowest BCUT2D eigenvalue weighted by Gasteiger charge is -1.99. The fraction of sp³-hybridized carbons (Fsp3) is 0.200. The zero-order valence-corrected chi connectivity index (χ0v) is 6.30. The summed E-state index contributed by atoms with van der Waals surface area (Å²) in [6.07, 6.45) is 0. The maximum atomic E-state index is 10.8. The van der Waals surface area contributed by atoms with Crippen molar-refractivity contribution in [1.29, 1.82) is 0 Å². The zero-order valence-electron chi connectivity index (χ0n) is 5.40. The van der Waals surface area contributed by atoms with Crippen LogP contribution in [0.2, 0.25) is 0 Å². The molecule has 0 aromatic carbocycles. The quantitative estimate of drug-likeness (QED) is 0.400. The fourth-order valence-corrected chi connectivity index (χ4v) is 0.763. The molecule has 1 rings (SSSR count). The molecule has 54 valence electrons. The van der Waals surface area contributed by atoms with Gasteiger partial charge in [-0.15, -0.1) is 12.6 Å². The van der Waals surface area contributed by atoms with Crippen molar-refractivity contribution in [1.82, 2.24) is 9.55 Å². The second kappa shape index (κ2) is 2.34. The van der Waals surface area contributed by atoms with Gasteiger partial charge in [0.05, 0.1) is 5.03 Å². The fourth-order valence-electron chi connectivity index (χ4n) is 0.545. The molecule has 2 N–H and O–H groups in total. The number of rotatable bonds is 0. The largest absolute Gasteiger partial charge is 0.383 e. The maximum Gasteiger partial charge on any atom is 0.350 e. The summed E-state index contributed by atoms with van der Waals surface area (Å²) in [4.78, 5) is 14.3. The van der Waals surface area contributed by atoms with Crippen LogP contribution in [0.4, 0.5) is 5.82 Å². The zero-order chi connectivity index (χ0) is 7.72. The summed E-state index contributed by atoms with van der Waals surface area (Å²) in [6, 6.07) is 1.52. The van der Waals surface area contributed by atoms with E-state index in [0.29, 0.717) is 5.03 Å². The van der Waals surface area contributed by atoms with Gasteiger partial charge in [0.1, 0.15) is 5.82 Å². The second-order valence-electron chi connectivity index (χ2n) is 1.88. The first-order valence-electron chi connectivity index (χ1n) is 2.64. The van der Waals surface area contributed by atoms with Gasteiger partial charge >= 0.3 is 5.69 Å². The van der Waals surface area contributed by atoms with Crippen LogP contribution in [-0.4, -0.2) is 9.55 Å². The van der Waals surface area contributed by atoms with E-state index in [-0.39, 0.29) is 11.5 Å². The first-order valence-corrected chi connectivity index (χ1v) is 3.08. The van der Waals surface area contributed by atoms with E-state index in [4.69, 9.17) is 5.73 Å². The first kappa shape index (κ1) is 7.14. The molecule has 5 heteroatoms. The van der Waals surface area contributed by atoms with Crippen LogP contribution < -0.4 is 11.4 Å². The normalized spacial score (nSPS) is 9.80. The number of aromatic nitrogens is 2. The third-order valence-electron chi connectivity index (χ3n) is 1.13. The lowest BCUT2D eigenvalue weighted by atomic mass is 10.6. The van der Waals surface area contributed by atoms with Gasteiger partial charge in [-0.1, -0.05) is 0 Å². The van der Waals surface area contributed by atoms with Gasteiger partial charge in [-0.25, -0.2) is 4.79 Å². The van der Waals surface area contributed by atoms with E-state index in [9.17, 15) is 4.79 Å². The van der Waals surface area contributed by atoms with Crippen molar-refractivity contribution in [3.63, 3.8) is 0 Å². The number of hydrogen-bond acceptors (Lipinski definition) is 4. The van der Waals surface area contributed by atoms with Gasteiger partial charge in [-0.3, -0.25) is 4.57 Å². The molecule has 1 aromatic heterocycles. The van der Waals surface area contributed by atoms with Crippen LogP contribution in [-0.2, 0) is 7.05 Å². The number of nitrogens with two attached hydrogens (primary N) is 1. The van der Waals surface area contributed by atoms with Gasteiger partial charge in [0.25, 0.3) is 0 Å². The summed E-state index contributed by atoms with van der Waals surface area (Å²) < 4.78 is 1.31. The van der Waals surface area contributed by atoms with Crippen molar-refractivity contribution in [2.24, 2.45) is 7.05 Å². The predicted octanol–water partition coefficient (Wildman–Crippen LogP) is -0.349. The summed E-state index contributed by atoms with van der Waals surface area (Å²) in [7, 11) is 1.58. The minimum atomic E-state index is -0.384. The van der Waals surface area contributed by atoms with Crippen LogP contribution in [0, 0.1) is 0 Å². The molecule has 0 saturated carbocycles. The summed E-state index contributed by atoms with van der Waals surface area (Å²) in [5.74, 6) is 0.202. The molecule has 0 aliphatic carbocycles. The molecular formula is C5H7N3OS. The van der Waals surface area contributed by atoms with Crippen molar-refractivity contribution in [3.05, 3.63) is 16.6 Å². The van der Waals surface area contributed by atoms with Gasteiger partial charge in [0, 0.05) is 13.1 Å². The third-order valence-corrected chi connectivity index (χ3v) is 1.56. The Kier molecular flexibility index (Phi) is 1.67. The van der Waals surface area contributed by atoms with Crippen LogP contribution in [0.15, 0.2) is 15.9 Å². The van der Waals surface area contributed by atoms with Crippen molar-refractivity contribution in [2.75, 3.05) is 5.73 Å². The number of nitrogen functional groups attached to an aromatic ring is 1. The van der Waals surface area contributed by atoms with Gasteiger partial charge < -0.3 is 5.73 Å². The SMILES string of the molecule is Cn1c(S)cc(N)nc1=O. The van der Waals surface area contributed by atoms with Crippen molar-refractivity contribution in [2.45, 2.75) is 5.03 Å². The molecule has 10 heavy (non-hydrogen) atoms. The van der Waals surface area contributed by atoms with Crippen molar-refractivity contribution in [3.8, 4) is 0 Å². The molecule has 0 spiro atoms. The smallest absolute Gasteiger partial charge is 0.350 e. The highest BCUT2D eigenvalue weighted by Gasteiger charge is 1.96. The maximum absolute atomic E-state index is 10.8. The highest BCUT2D eigenvalue weighted by molar-refractivity contribution is 7.80. The molecule has 0 atom stereocenters. The van der Waals surface area contributed by atoms with Crippen molar-refractivity contribution < 1.29 is 0 Å². The Labute approximate surface area is 63.1 Å². The molecule has 4 nitrogen and oxygen atoms in total. The number of nitrogens with zero attached hydrogens (tertiary/aromatic N) is 2. The number of hydrogen-bond donors (Lipinski definition) is 2. The molecule has 0 fully saturated rings. The van der Waals surface area contributed by atoms with E-state index in [2.05, 4.69) is 17.6 Å². The lowest BCUT2D eigenvalue weighted by molar-refractivity contribution is 0.732. The van der Waals surface area contributed by atoms with Crippen LogP contribution in [0.25, 0.3) is 0 Å². The molecular weight excluding hydrogens is 150 g/mol. The van der Waals surface area contributed by atoms with E-state index in [1.165, 1.54) is 10.6 Å². The summed E-state index contributed by atoms with van der Waals surface area (Å²) >= 11 is 3.98. The second-order valence-corrected chi connectivity index (χ2v) is 2.34. The molecule has 1 heterocycles. The molecule has 1 aromatic rings. The van der Waals surface area contributed by atoms with Gasteiger partial charge in [0.15, 0.2) is 0 Å². The minimum Gasteiger partial charge on any atom is -0.383 e. The van der Waals surface area contributed by atoms with Crippen LogP contribution >= 0.6 is 12.6 Å². The topological polar surface area (TPSA) is 60.9 Å². The summed E-state index contributed by atoms with van der Waals surface area (Å²) in [6.45, 7) is 0. The van der Waals surface area contributed by atoms with Crippen LogP contribution in [0.5, 0.6) is 0 Å². The van der Waals surface area contributed by atoms with E-state index in [1.54, 1.807) is 7.05 Å². The van der Waals surface area contributed by atoms with E-state index >= 15 is 0 Å². The van der Waals surface area contributed by atoms with Crippen molar-refractivity contribution >= 4 is 18.4 Å². The highest BCUT2D eigenvalue weighted by atomic mass is 32.1. The first-order chi connectivity index (χ1) is 4.61. The van der Waals surface area contributed by atoms with Gasteiger partial charge in [-0.2, -0.15) is 4.98 Å². The minimum absolute atomic E-state index is 0.202. The third kappa shape index (κ3) is 1.13. The molecule has 0 amide bonds. The Morgan fingerprint density at radius 1 is 1.80 bits per heavy atom. The Hall–Kier alpha value is -0.970. The molecule has 0 saturated heterocycles. The highest BCUT2D eigenvalue weighted by Crippen LogP contribution is 2.02. The van der Waals surface area contributed by atoms with E-state index in [0.717, 1.165) is 0 Å². The van der Waals surface area contributed by atoms with Gasteiger partial charge in [0.2, 0.25) is 0 Å². The number of anilines is 1. The average molecular weight is 157 g/mol. The van der Waals surface area contributed by atoms with Crippen LogP contribution in [0.3, 0.4) is 0 Å². The Morgan fingerprint density at radius 2 is 2.40 bits per heavy atom. The molecule has 0 unspecified atom stereocenters. The molecule has 0 aliphatic rings. The summed E-state index contributed by atoms with van der Waals surface area (Å²) in [5, 5.41) is 0.512. The number of thiol groups is 1. The Bertz CT molecular complexity index is 306. The lowest BCUT2D eigenvalue weighted by Crippen LogP contribution is -2.21. The standard InChI is InChI=1S/C5H7N3OS/c1-8-4(10)2-3(6)7-5(8)9/h2,10H,1H3,(H2,6,7,9). The monoisotopic (exact) mass is 157 g/mol. The predicted molar refractivity (Wildman–Crippen MR) is 41.1 cm³/mol. The van der Waals surface area contributed by atoms with E-state index < -0.39 is 0 Å². The van der Waals surface area contributed by atoms with E-state index in [1.807, 2.05) is 0 Å².